The molecule has 1 saturated heterocycles. The number of aromatic nitrogens is 1. The second-order valence-corrected chi connectivity index (χ2v) is 4.01. The fourth-order valence-corrected chi connectivity index (χ4v) is 1.94. The quantitative estimate of drug-likeness (QED) is 0.780. The highest BCUT2D eigenvalue weighted by Gasteiger charge is 2.20. The van der Waals surface area contributed by atoms with Crippen molar-refractivity contribution < 1.29 is 4.79 Å². The molecular weight excluding hydrogens is 190 g/mol. The first-order valence-corrected chi connectivity index (χ1v) is 5.40. The van der Waals surface area contributed by atoms with E-state index in [4.69, 9.17) is 0 Å². The molecule has 1 amide bonds. The molecule has 82 valence electrons. The summed E-state index contributed by atoms with van der Waals surface area (Å²) in [6.07, 6.45) is 4.72. The van der Waals surface area contributed by atoms with Crippen molar-refractivity contribution in [2.24, 2.45) is 0 Å². The normalized spacial score (nSPS) is 20.5. The molecule has 4 heteroatoms. The number of hydrogen-bond acceptors (Lipinski definition) is 2. The molecule has 1 aromatic heterocycles. The Bertz CT molecular complexity index is 315. The SMILES string of the molecule is CN(C(=O)CC1CCCN1)c1ccc[nH]1. The maximum Gasteiger partial charge on any atom is 0.229 e. The van der Waals surface area contributed by atoms with Crippen LogP contribution < -0.4 is 10.2 Å². The molecule has 0 saturated carbocycles. The van der Waals surface area contributed by atoms with Gasteiger partial charge in [0.05, 0.1) is 0 Å². The lowest BCUT2D eigenvalue weighted by Gasteiger charge is -2.17. The van der Waals surface area contributed by atoms with Gasteiger partial charge in [0.15, 0.2) is 0 Å². The molecule has 1 aliphatic rings. The van der Waals surface area contributed by atoms with Gasteiger partial charge < -0.3 is 15.2 Å². The lowest BCUT2D eigenvalue weighted by atomic mass is 10.1. The molecular formula is C11H17N3O. The number of carbonyl (C=O) groups excluding carboxylic acids is 1. The molecule has 2 N–H and O–H groups in total. The van der Waals surface area contributed by atoms with Gasteiger partial charge in [0, 0.05) is 25.7 Å². The van der Waals surface area contributed by atoms with Crippen LogP contribution in [-0.4, -0.2) is 30.5 Å². The van der Waals surface area contributed by atoms with Gasteiger partial charge in [-0.1, -0.05) is 0 Å². The Morgan fingerprint density at radius 2 is 2.53 bits per heavy atom. The summed E-state index contributed by atoms with van der Waals surface area (Å²) in [5.74, 6) is 1.02. The summed E-state index contributed by atoms with van der Waals surface area (Å²) in [4.78, 5) is 16.6. The molecule has 1 aliphatic heterocycles. The number of H-pyrrole nitrogens is 1. The molecule has 0 spiro atoms. The Hall–Kier alpha value is -1.29. The summed E-state index contributed by atoms with van der Waals surface area (Å²) >= 11 is 0. The second-order valence-electron chi connectivity index (χ2n) is 4.01. The van der Waals surface area contributed by atoms with Gasteiger partial charge in [-0.15, -0.1) is 0 Å². The van der Waals surface area contributed by atoms with Crippen molar-refractivity contribution in [3.63, 3.8) is 0 Å². The number of carbonyl (C=O) groups is 1. The zero-order chi connectivity index (χ0) is 10.7. The Kier molecular flexibility index (Phi) is 3.06. The fraction of sp³-hybridized carbons (Fsp3) is 0.545. The maximum absolute atomic E-state index is 11.9. The zero-order valence-corrected chi connectivity index (χ0v) is 8.99. The van der Waals surface area contributed by atoms with Crippen LogP contribution in [0.3, 0.4) is 0 Å². The average Bonchev–Trinajstić information content (AvgIpc) is 2.88. The second kappa shape index (κ2) is 4.49. The van der Waals surface area contributed by atoms with Crippen molar-refractivity contribution in [1.29, 1.82) is 0 Å². The van der Waals surface area contributed by atoms with E-state index in [1.807, 2.05) is 25.4 Å². The van der Waals surface area contributed by atoms with Crippen LogP contribution in [0.15, 0.2) is 18.3 Å². The van der Waals surface area contributed by atoms with Crippen LogP contribution in [0, 0.1) is 0 Å². The molecule has 0 radical (unpaired) electrons. The molecule has 0 aromatic carbocycles. The van der Waals surface area contributed by atoms with E-state index >= 15 is 0 Å². The summed E-state index contributed by atoms with van der Waals surface area (Å²) in [7, 11) is 1.81. The first-order chi connectivity index (χ1) is 7.27. The predicted molar refractivity (Wildman–Crippen MR) is 59.8 cm³/mol. The van der Waals surface area contributed by atoms with Gasteiger partial charge in [0.2, 0.25) is 5.91 Å². The highest BCUT2D eigenvalue weighted by atomic mass is 16.2. The summed E-state index contributed by atoms with van der Waals surface area (Å²) in [6.45, 7) is 1.05. The lowest BCUT2D eigenvalue weighted by Crippen LogP contribution is -2.33. The fourth-order valence-electron chi connectivity index (χ4n) is 1.94. The largest absolute Gasteiger partial charge is 0.348 e. The van der Waals surface area contributed by atoms with Crippen molar-refractivity contribution in [3.05, 3.63) is 18.3 Å². The molecule has 15 heavy (non-hydrogen) atoms. The van der Waals surface area contributed by atoms with Gasteiger partial charge in [-0.05, 0) is 31.5 Å². The van der Waals surface area contributed by atoms with Crippen LogP contribution in [0.4, 0.5) is 5.82 Å². The Balaban J connectivity index is 1.90. The van der Waals surface area contributed by atoms with Gasteiger partial charge in [-0.3, -0.25) is 4.79 Å². The predicted octanol–water partition coefficient (Wildman–Crippen LogP) is 1.12. The van der Waals surface area contributed by atoms with Crippen molar-refractivity contribution in [2.75, 3.05) is 18.5 Å². The number of nitrogens with zero attached hydrogens (tertiary/aromatic N) is 1. The topological polar surface area (TPSA) is 48.1 Å². The van der Waals surface area contributed by atoms with E-state index in [1.165, 1.54) is 6.42 Å². The van der Waals surface area contributed by atoms with E-state index in [2.05, 4.69) is 10.3 Å². The molecule has 0 aliphatic carbocycles. The number of nitrogens with one attached hydrogen (secondary N) is 2. The number of anilines is 1. The minimum Gasteiger partial charge on any atom is -0.348 e. The van der Waals surface area contributed by atoms with Gasteiger partial charge in [-0.2, -0.15) is 0 Å². The van der Waals surface area contributed by atoms with Gasteiger partial charge in [-0.25, -0.2) is 0 Å². The standard InChI is InChI=1S/C11H17N3O/c1-14(10-5-3-7-13-10)11(15)8-9-4-2-6-12-9/h3,5,7,9,12-13H,2,4,6,8H2,1H3. The van der Waals surface area contributed by atoms with E-state index in [0.29, 0.717) is 12.5 Å². The van der Waals surface area contributed by atoms with Crippen molar-refractivity contribution in [3.8, 4) is 0 Å². The molecule has 1 unspecified atom stereocenters. The monoisotopic (exact) mass is 207 g/mol. The summed E-state index contributed by atoms with van der Waals surface area (Å²) in [5, 5.41) is 3.33. The Labute approximate surface area is 89.7 Å². The van der Waals surface area contributed by atoms with E-state index in [9.17, 15) is 4.79 Å². The third-order valence-corrected chi connectivity index (χ3v) is 2.90. The minimum atomic E-state index is 0.164. The zero-order valence-electron chi connectivity index (χ0n) is 8.99. The molecule has 1 atom stereocenters. The number of amides is 1. The van der Waals surface area contributed by atoms with Crippen LogP contribution in [0.1, 0.15) is 19.3 Å². The number of rotatable bonds is 3. The van der Waals surface area contributed by atoms with Crippen molar-refractivity contribution in [2.45, 2.75) is 25.3 Å². The van der Waals surface area contributed by atoms with Gasteiger partial charge in [0.1, 0.15) is 5.82 Å². The van der Waals surface area contributed by atoms with Gasteiger partial charge >= 0.3 is 0 Å². The number of hydrogen-bond donors (Lipinski definition) is 2. The molecule has 2 rings (SSSR count). The van der Waals surface area contributed by atoms with Crippen LogP contribution in [-0.2, 0) is 4.79 Å². The average molecular weight is 207 g/mol. The van der Waals surface area contributed by atoms with Crippen molar-refractivity contribution >= 4 is 11.7 Å². The maximum atomic E-state index is 11.9. The van der Waals surface area contributed by atoms with Crippen LogP contribution in [0.5, 0.6) is 0 Å². The van der Waals surface area contributed by atoms with Crippen molar-refractivity contribution in [1.82, 2.24) is 10.3 Å². The Morgan fingerprint density at radius 1 is 1.67 bits per heavy atom. The minimum absolute atomic E-state index is 0.164. The molecule has 4 nitrogen and oxygen atoms in total. The van der Waals surface area contributed by atoms with Gasteiger partial charge in [0.25, 0.3) is 0 Å². The highest BCUT2D eigenvalue weighted by molar-refractivity contribution is 5.92. The van der Waals surface area contributed by atoms with E-state index < -0.39 is 0 Å². The van der Waals surface area contributed by atoms with Crippen LogP contribution in [0.2, 0.25) is 0 Å². The summed E-state index contributed by atoms with van der Waals surface area (Å²) < 4.78 is 0. The highest BCUT2D eigenvalue weighted by Crippen LogP contribution is 2.13. The number of aromatic amines is 1. The molecule has 1 aromatic rings. The van der Waals surface area contributed by atoms with E-state index in [-0.39, 0.29) is 5.91 Å². The lowest BCUT2D eigenvalue weighted by molar-refractivity contribution is -0.118. The van der Waals surface area contributed by atoms with E-state index in [0.717, 1.165) is 18.8 Å². The third kappa shape index (κ3) is 2.39. The summed E-state index contributed by atoms with van der Waals surface area (Å²) in [5.41, 5.74) is 0. The van der Waals surface area contributed by atoms with Crippen LogP contribution in [0.25, 0.3) is 0 Å². The smallest absolute Gasteiger partial charge is 0.229 e. The first-order valence-electron chi connectivity index (χ1n) is 5.40. The molecule has 0 bridgehead atoms. The third-order valence-electron chi connectivity index (χ3n) is 2.90. The van der Waals surface area contributed by atoms with E-state index in [1.54, 1.807) is 4.90 Å². The summed E-state index contributed by atoms with van der Waals surface area (Å²) in [6, 6.07) is 4.17. The van der Waals surface area contributed by atoms with Crippen LogP contribution >= 0.6 is 0 Å². The molecule has 1 fully saturated rings. The molecule has 2 heterocycles. The Morgan fingerprint density at radius 3 is 3.13 bits per heavy atom. The first kappa shape index (κ1) is 10.2.